The van der Waals surface area contributed by atoms with Crippen molar-refractivity contribution in [2.75, 3.05) is 13.2 Å². The summed E-state index contributed by atoms with van der Waals surface area (Å²) >= 11 is 0. The Morgan fingerprint density at radius 1 is 0.460 bits per heavy atom. The SMILES string of the molecule is CC/C=C\C/C=C\C/C=C\C/C=C\C/C=C\CCCCCC(=O)O[C@@H](CO)COC(=O)CCC/C=C\C/C=C\C/C=C\C/C=C\C/C=C\CC. The van der Waals surface area contributed by atoms with Crippen molar-refractivity contribution >= 4 is 11.9 Å². The summed E-state index contributed by atoms with van der Waals surface area (Å²) in [4.78, 5) is 24.2. The predicted octanol–water partition coefficient (Wildman–Crippen LogP) is 12.1. The summed E-state index contributed by atoms with van der Waals surface area (Å²) in [5.74, 6) is -0.713. The third kappa shape index (κ3) is 37.1. The van der Waals surface area contributed by atoms with Crippen molar-refractivity contribution in [3.63, 3.8) is 0 Å². The molecule has 0 heterocycles. The maximum atomic E-state index is 12.2. The van der Waals surface area contributed by atoms with Crippen LogP contribution in [0.5, 0.6) is 0 Å². The fourth-order valence-corrected chi connectivity index (χ4v) is 4.44. The van der Waals surface area contributed by atoms with Gasteiger partial charge in [-0.15, -0.1) is 0 Å². The van der Waals surface area contributed by atoms with Crippen LogP contribution in [-0.4, -0.2) is 36.4 Å². The van der Waals surface area contributed by atoms with Crippen LogP contribution in [-0.2, 0) is 19.1 Å². The Labute approximate surface area is 305 Å². The van der Waals surface area contributed by atoms with E-state index in [2.05, 4.69) is 135 Å². The van der Waals surface area contributed by atoms with Crippen molar-refractivity contribution in [1.29, 1.82) is 0 Å². The number of ether oxygens (including phenoxy) is 2. The highest BCUT2D eigenvalue weighted by Crippen LogP contribution is 2.08. The number of esters is 2. The van der Waals surface area contributed by atoms with E-state index in [4.69, 9.17) is 9.47 Å². The number of carbonyl (C=O) groups excluding carboxylic acids is 2. The number of aliphatic hydroxyl groups is 1. The highest BCUT2D eigenvalue weighted by molar-refractivity contribution is 5.70. The number of carbonyl (C=O) groups is 2. The standard InChI is InChI=1S/C45H68O5/c1-3-5-7-9-11-13-15-17-19-21-22-24-26-28-30-32-34-36-38-40-45(48)50-43(41-46)42-49-44(47)39-37-35-33-31-29-27-25-23-20-18-16-14-12-10-8-6-4-2/h5-8,11-14,17-20,22,24-25,27-28,30-31,33,43,46H,3-4,9-10,15-16,21,23,26,29,32,34-42H2,1-2H3/b7-5-,8-6-,13-11-,14-12-,19-17-,20-18-,24-22-,27-25-,30-28-,33-31-/t43-/m0/s1. The lowest BCUT2D eigenvalue weighted by Gasteiger charge is -2.15. The Morgan fingerprint density at radius 2 is 0.820 bits per heavy atom. The van der Waals surface area contributed by atoms with Crippen molar-refractivity contribution < 1.29 is 24.2 Å². The van der Waals surface area contributed by atoms with Gasteiger partial charge >= 0.3 is 11.9 Å². The Bertz CT molecular complexity index is 1100. The molecule has 0 amide bonds. The van der Waals surface area contributed by atoms with Gasteiger partial charge in [0.05, 0.1) is 6.61 Å². The Hall–Kier alpha value is -3.70. The molecule has 5 nitrogen and oxygen atoms in total. The quantitative estimate of drug-likeness (QED) is 0.0433. The second-order valence-corrected chi connectivity index (χ2v) is 11.9. The van der Waals surface area contributed by atoms with E-state index < -0.39 is 6.10 Å². The summed E-state index contributed by atoms with van der Waals surface area (Å²) < 4.78 is 10.5. The molecule has 0 aliphatic heterocycles. The third-order valence-corrected chi connectivity index (χ3v) is 7.25. The van der Waals surface area contributed by atoms with Crippen LogP contribution in [0.4, 0.5) is 0 Å². The largest absolute Gasteiger partial charge is 0.462 e. The molecule has 0 rings (SSSR count). The van der Waals surface area contributed by atoms with E-state index in [0.717, 1.165) is 96.3 Å². The molecule has 0 aromatic heterocycles. The van der Waals surface area contributed by atoms with Crippen molar-refractivity contribution in [3.8, 4) is 0 Å². The second kappa shape index (κ2) is 39.7. The van der Waals surface area contributed by atoms with Gasteiger partial charge < -0.3 is 14.6 Å². The van der Waals surface area contributed by atoms with Crippen LogP contribution in [0.1, 0.15) is 129 Å². The summed E-state index contributed by atoms with van der Waals surface area (Å²) in [5, 5.41) is 9.54. The maximum Gasteiger partial charge on any atom is 0.306 e. The third-order valence-electron chi connectivity index (χ3n) is 7.25. The zero-order valence-corrected chi connectivity index (χ0v) is 31.3. The highest BCUT2D eigenvalue weighted by Gasteiger charge is 2.15. The first-order valence-electron chi connectivity index (χ1n) is 19.1. The van der Waals surface area contributed by atoms with Crippen molar-refractivity contribution in [1.82, 2.24) is 0 Å². The zero-order chi connectivity index (χ0) is 36.4. The fraction of sp³-hybridized carbons (Fsp3) is 0.511. The smallest absolute Gasteiger partial charge is 0.306 e. The fourth-order valence-electron chi connectivity index (χ4n) is 4.44. The van der Waals surface area contributed by atoms with Gasteiger partial charge in [0.25, 0.3) is 0 Å². The average Bonchev–Trinajstić information content (AvgIpc) is 3.12. The van der Waals surface area contributed by atoms with Crippen LogP contribution in [0.15, 0.2) is 122 Å². The van der Waals surface area contributed by atoms with Gasteiger partial charge in [-0.1, -0.05) is 142 Å². The molecule has 0 radical (unpaired) electrons. The van der Waals surface area contributed by atoms with Gasteiger partial charge in [0, 0.05) is 12.8 Å². The lowest BCUT2D eigenvalue weighted by Crippen LogP contribution is -2.28. The van der Waals surface area contributed by atoms with Gasteiger partial charge in [-0.2, -0.15) is 0 Å². The van der Waals surface area contributed by atoms with E-state index in [-0.39, 0.29) is 31.6 Å². The first kappa shape index (κ1) is 46.3. The summed E-state index contributed by atoms with van der Waals surface area (Å²) in [6, 6.07) is 0. The molecule has 0 aromatic rings. The Morgan fingerprint density at radius 3 is 1.22 bits per heavy atom. The summed E-state index contributed by atoms with van der Waals surface area (Å²) in [6.07, 6.45) is 58.3. The average molecular weight is 689 g/mol. The molecule has 0 aliphatic carbocycles. The molecule has 1 N–H and O–H groups in total. The minimum Gasteiger partial charge on any atom is -0.462 e. The monoisotopic (exact) mass is 689 g/mol. The topological polar surface area (TPSA) is 72.8 Å². The second-order valence-electron chi connectivity index (χ2n) is 11.9. The molecule has 278 valence electrons. The van der Waals surface area contributed by atoms with Crippen molar-refractivity contribution in [3.05, 3.63) is 122 Å². The molecule has 0 saturated heterocycles. The minimum absolute atomic E-state index is 0.118. The van der Waals surface area contributed by atoms with Crippen LogP contribution < -0.4 is 0 Å². The van der Waals surface area contributed by atoms with Crippen LogP contribution in [0.2, 0.25) is 0 Å². The molecule has 0 bridgehead atoms. The van der Waals surface area contributed by atoms with Crippen LogP contribution in [0.3, 0.4) is 0 Å². The molecule has 0 saturated carbocycles. The normalized spacial score (nSPS) is 13.6. The van der Waals surface area contributed by atoms with Crippen LogP contribution >= 0.6 is 0 Å². The molecule has 50 heavy (non-hydrogen) atoms. The van der Waals surface area contributed by atoms with Gasteiger partial charge in [-0.25, -0.2) is 0 Å². The van der Waals surface area contributed by atoms with Gasteiger partial charge in [0.2, 0.25) is 0 Å². The van der Waals surface area contributed by atoms with Gasteiger partial charge in [-0.05, 0) is 96.3 Å². The molecule has 0 unspecified atom stereocenters. The first-order valence-corrected chi connectivity index (χ1v) is 19.1. The summed E-state index contributed by atoms with van der Waals surface area (Å²) in [6.45, 7) is 3.80. The van der Waals surface area contributed by atoms with Gasteiger partial charge in [0.1, 0.15) is 6.61 Å². The Kier molecular flexibility index (Phi) is 36.8. The lowest BCUT2D eigenvalue weighted by molar-refractivity contribution is -0.161. The van der Waals surface area contributed by atoms with Crippen LogP contribution in [0.25, 0.3) is 0 Å². The highest BCUT2D eigenvalue weighted by atomic mass is 16.6. The number of rotatable bonds is 32. The van der Waals surface area contributed by atoms with Gasteiger partial charge in [0.15, 0.2) is 6.10 Å². The van der Waals surface area contributed by atoms with Crippen LogP contribution in [0, 0.1) is 0 Å². The molecule has 1 atom stereocenters. The number of aliphatic hydroxyl groups excluding tert-OH is 1. The molecular weight excluding hydrogens is 620 g/mol. The van der Waals surface area contributed by atoms with E-state index in [1.165, 1.54) is 0 Å². The zero-order valence-electron chi connectivity index (χ0n) is 31.3. The maximum absolute atomic E-state index is 12.2. The minimum atomic E-state index is -0.821. The van der Waals surface area contributed by atoms with E-state index in [1.807, 2.05) is 0 Å². The van der Waals surface area contributed by atoms with E-state index in [1.54, 1.807) is 0 Å². The number of hydrogen-bond donors (Lipinski definition) is 1. The van der Waals surface area contributed by atoms with E-state index in [0.29, 0.717) is 12.8 Å². The Balaban J connectivity index is 3.79. The number of hydrogen-bond acceptors (Lipinski definition) is 5. The van der Waals surface area contributed by atoms with Crippen molar-refractivity contribution in [2.45, 2.75) is 136 Å². The molecule has 0 aliphatic rings. The summed E-state index contributed by atoms with van der Waals surface area (Å²) in [5.41, 5.74) is 0. The summed E-state index contributed by atoms with van der Waals surface area (Å²) in [7, 11) is 0. The van der Waals surface area contributed by atoms with Crippen molar-refractivity contribution in [2.24, 2.45) is 0 Å². The predicted molar refractivity (Wildman–Crippen MR) is 214 cm³/mol. The van der Waals surface area contributed by atoms with E-state index in [9.17, 15) is 14.7 Å². The molecule has 0 spiro atoms. The van der Waals surface area contributed by atoms with Gasteiger partial charge in [-0.3, -0.25) is 9.59 Å². The molecule has 0 fully saturated rings. The molecule has 5 heteroatoms. The number of unbranched alkanes of at least 4 members (excludes halogenated alkanes) is 4. The van der Waals surface area contributed by atoms with E-state index >= 15 is 0 Å². The lowest BCUT2D eigenvalue weighted by atomic mass is 10.1. The molecular formula is C45H68O5. The first-order chi connectivity index (χ1) is 24.6. The number of allylic oxidation sites excluding steroid dienone is 20. The molecule has 0 aromatic carbocycles.